The number of rotatable bonds is 6. The summed E-state index contributed by atoms with van der Waals surface area (Å²) in [5.41, 5.74) is 6.02. The van der Waals surface area contributed by atoms with Crippen molar-refractivity contribution >= 4 is 19.0 Å². The highest BCUT2D eigenvalue weighted by Crippen LogP contribution is 2.13. The minimum Gasteiger partial charge on any atom is -0.394 e. The van der Waals surface area contributed by atoms with Crippen LogP contribution >= 0.6 is 0 Å². The average molecular weight is 235 g/mol. The zero-order valence-electron chi connectivity index (χ0n) is 9.67. The monoisotopic (exact) mass is 235 g/mol. The summed E-state index contributed by atoms with van der Waals surface area (Å²) in [6.45, 7) is 9.44. The second-order valence-corrected chi connectivity index (χ2v) is 6.25. The van der Waals surface area contributed by atoms with Crippen LogP contribution in [0.3, 0.4) is 0 Å². The van der Waals surface area contributed by atoms with Crippen molar-refractivity contribution in [2.75, 3.05) is 13.2 Å². The summed E-state index contributed by atoms with van der Waals surface area (Å²) in [6, 6.07) is 0. The molecular formula is C8H23N2O2Si2. The van der Waals surface area contributed by atoms with Crippen LogP contribution in [0.25, 0.3) is 0 Å². The van der Waals surface area contributed by atoms with E-state index in [1.807, 2.05) is 20.4 Å². The van der Waals surface area contributed by atoms with Crippen LogP contribution in [0.15, 0.2) is 0 Å². The molecule has 85 valence electrons. The average Bonchev–Trinajstić information content (AvgIpc) is 2.20. The highest BCUT2D eigenvalue weighted by Gasteiger charge is 2.37. The van der Waals surface area contributed by atoms with Crippen LogP contribution in [-0.2, 0) is 8.85 Å². The largest absolute Gasteiger partial charge is 0.394 e. The van der Waals surface area contributed by atoms with E-state index in [0.717, 1.165) is 6.42 Å². The van der Waals surface area contributed by atoms with Crippen molar-refractivity contribution in [3.05, 3.63) is 0 Å². The lowest BCUT2D eigenvalue weighted by atomic mass is 10.5. The third-order valence-corrected chi connectivity index (χ3v) is 5.45. The summed E-state index contributed by atoms with van der Waals surface area (Å²) in [6.07, 6.45) is 0.919. The second-order valence-electron chi connectivity index (χ2n) is 2.90. The van der Waals surface area contributed by atoms with Crippen LogP contribution in [0.1, 0.15) is 27.2 Å². The van der Waals surface area contributed by atoms with E-state index in [1.54, 1.807) is 0 Å². The van der Waals surface area contributed by atoms with Gasteiger partial charge in [0.15, 0.2) is 0 Å². The van der Waals surface area contributed by atoms with Gasteiger partial charge < -0.3 is 20.0 Å². The maximum atomic E-state index is 5.94. The lowest BCUT2D eigenvalue weighted by molar-refractivity contribution is 0.179. The Kier molecular flexibility index (Phi) is 11.7. The summed E-state index contributed by atoms with van der Waals surface area (Å²) >= 11 is 0. The maximum absolute atomic E-state index is 5.94. The highest BCUT2D eigenvalue weighted by atomic mass is 28.4. The van der Waals surface area contributed by atoms with Crippen molar-refractivity contribution in [3.8, 4) is 0 Å². The van der Waals surface area contributed by atoms with E-state index < -0.39 is 8.56 Å². The Morgan fingerprint density at radius 1 is 1.14 bits per heavy atom. The minimum atomic E-state index is -2.08. The molecule has 0 heterocycles. The summed E-state index contributed by atoms with van der Waals surface area (Å²) in [5, 5.41) is 4.31. The van der Waals surface area contributed by atoms with E-state index in [9.17, 15) is 0 Å². The summed E-state index contributed by atoms with van der Waals surface area (Å²) in [5.74, 6) is 0. The Morgan fingerprint density at radius 3 is 1.71 bits per heavy atom. The molecule has 14 heavy (non-hydrogen) atoms. The quantitative estimate of drug-likeness (QED) is 0.655. The summed E-state index contributed by atoms with van der Waals surface area (Å²) in [7, 11) is 0.397. The molecule has 0 aliphatic carbocycles. The highest BCUT2D eigenvalue weighted by molar-refractivity contribution is 6.67. The molecule has 0 bridgehead atoms. The van der Waals surface area contributed by atoms with Gasteiger partial charge in [-0.1, -0.05) is 6.92 Å². The van der Waals surface area contributed by atoms with Crippen LogP contribution in [0.5, 0.6) is 0 Å². The molecule has 0 saturated heterocycles. The molecule has 0 aromatic heterocycles. The fraction of sp³-hybridized carbons (Fsp3) is 1.00. The summed E-state index contributed by atoms with van der Waals surface area (Å²) < 4.78 is 11.2. The Balaban J connectivity index is 0. The fourth-order valence-corrected chi connectivity index (χ4v) is 3.60. The van der Waals surface area contributed by atoms with E-state index in [2.05, 4.69) is 22.7 Å². The fourth-order valence-electron chi connectivity index (χ4n) is 1.20. The molecule has 0 fully saturated rings. The molecule has 0 aliphatic heterocycles. The first-order chi connectivity index (χ1) is 6.60. The van der Waals surface area contributed by atoms with Crippen LogP contribution in [0.2, 0.25) is 6.55 Å². The van der Waals surface area contributed by atoms with Gasteiger partial charge in [0, 0.05) is 18.9 Å². The zero-order valence-corrected chi connectivity index (χ0v) is 11.7. The molecule has 4 nitrogen and oxygen atoms in total. The van der Waals surface area contributed by atoms with Crippen molar-refractivity contribution < 1.29 is 8.85 Å². The second kappa shape index (κ2) is 9.81. The Hall–Kier alpha value is 0.274. The smallest absolute Gasteiger partial charge is 0.352 e. The molecule has 6 heteroatoms. The van der Waals surface area contributed by atoms with Gasteiger partial charge in [0.2, 0.25) is 0 Å². The molecule has 0 aliphatic rings. The van der Waals surface area contributed by atoms with E-state index in [1.165, 1.54) is 0 Å². The van der Waals surface area contributed by atoms with Gasteiger partial charge in [0.1, 0.15) is 10.4 Å². The molecule has 3 radical (unpaired) electrons. The Labute approximate surface area is 92.1 Å². The van der Waals surface area contributed by atoms with Crippen molar-refractivity contribution in [1.82, 2.24) is 0 Å². The van der Waals surface area contributed by atoms with Crippen LogP contribution in [0.4, 0.5) is 0 Å². The predicted molar refractivity (Wildman–Crippen MR) is 63.1 cm³/mol. The van der Waals surface area contributed by atoms with Gasteiger partial charge in [0.25, 0.3) is 0 Å². The Morgan fingerprint density at radius 2 is 1.50 bits per heavy atom. The lowest BCUT2D eigenvalue weighted by Gasteiger charge is -2.30. The number of hydrogen-bond donors (Lipinski definition) is 2. The molecule has 0 spiro atoms. The molecule has 0 aromatic carbocycles. The third-order valence-electron chi connectivity index (χ3n) is 1.98. The minimum absolute atomic E-state index is 0.0809. The number of hydrogen-bond acceptors (Lipinski definition) is 4. The standard InChI is InChI=1S/C8H21NO2Si.H2NSi/c1-5-8(9)12(4,10-6-2)11-7-3;1-2/h8H,5-7,9H2,1-4H3;1H2. The topological polar surface area (TPSA) is 70.5 Å². The normalized spacial score (nSPS) is 13.1. The molecule has 0 amide bonds. The van der Waals surface area contributed by atoms with E-state index in [-0.39, 0.29) is 5.67 Å². The molecule has 4 N–H and O–H groups in total. The molecule has 0 rings (SSSR count). The van der Waals surface area contributed by atoms with Gasteiger partial charge in [-0.2, -0.15) is 0 Å². The number of nitrogens with two attached hydrogens (primary N) is 2. The van der Waals surface area contributed by atoms with Gasteiger partial charge in [-0.3, -0.25) is 0 Å². The maximum Gasteiger partial charge on any atom is 0.352 e. The molecule has 1 atom stereocenters. The van der Waals surface area contributed by atoms with Crippen molar-refractivity contribution in [2.24, 2.45) is 11.1 Å². The first-order valence-electron chi connectivity index (χ1n) is 4.93. The van der Waals surface area contributed by atoms with Crippen molar-refractivity contribution in [1.29, 1.82) is 0 Å². The Bertz CT molecular complexity index is 122. The van der Waals surface area contributed by atoms with Crippen LogP contribution in [-0.4, -0.2) is 37.8 Å². The first-order valence-corrected chi connectivity index (χ1v) is 7.90. The predicted octanol–water partition coefficient (Wildman–Crippen LogP) is 0.437. The SMILES string of the molecule is CCO[Si](C)(OCC)C(N)CC.N[Si]. The van der Waals surface area contributed by atoms with Gasteiger partial charge in [0.05, 0.1) is 0 Å². The van der Waals surface area contributed by atoms with E-state index in [0.29, 0.717) is 13.2 Å². The van der Waals surface area contributed by atoms with E-state index in [4.69, 9.17) is 14.6 Å². The third kappa shape index (κ3) is 5.89. The van der Waals surface area contributed by atoms with Crippen LogP contribution < -0.4 is 11.1 Å². The molecule has 1 unspecified atom stereocenters. The van der Waals surface area contributed by atoms with Gasteiger partial charge >= 0.3 is 8.56 Å². The first kappa shape index (κ1) is 16.7. The zero-order chi connectivity index (χ0) is 11.6. The van der Waals surface area contributed by atoms with E-state index >= 15 is 0 Å². The molecular weight excluding hydrogens is 212 g/mol. The van der Waals surface area contributed by atoms with Gasteiger partial charge in [-0.25, -0.2) is 0 Å². The van der Waals surface area contributed by atoms with Gasteiger partial charge in [-0.15, -0.1) is 0 Å². The van der Waals surface area contributed by atoms with Crippen LogP contribution in [0, 0.1) is 0 Å². The lowest BCUT2D eigenvalue weighted by Crippen LogP contribution is -2.55. The van der Waals surface area contributed by atoms with Gasteiger partial charge in [-0.05, 0) is 26.8 Å². The molecule has 0 aromatic rings. The van der Waals surface area contributed by atoms with Crippen molar-refractivity contribution in [2.45, 2.75) is 39.4 Å². The molecule has 0 saturated carbocycles. The summed E-state index contributed by atoms with van der Waals surface area (Å²) in [4.78, 5) is 0. The van der Waals surface area contributed by atoms with Crippen molar-refractivity contribution in [3.63, 3.8) is 0 Å².